The number of phenols is 1. The first-order valence-electron chi connectivity index (χ1n) is 8.26. The topological polar surface area (TPSA) is 92.4 Å². The zero-order chi connectivity index (χ0) is 20.1. The Kier molecular flexibility index (Phi) is 5.78. The summed E-state index contributed by atoms with van der Waals surface area (Å²) < 4.78 is 11.3. The van der Waals surface area contributed by atoms with Crippen molar-refractivity contribution >= 4 is 17.4 Å². The average molecular weight is 395 g/mol. The summed E-state index contributed by atoms with van der Waals surface area (Å²) in [6.45, 7) is 1.52. The predicted octanol–water partition coefficient (Wildman–Crippen LogP) is 4.89. The van der Waals surface area contributed by atoms with Crippen LogP contribution in [0.5, 0.6) is 23.1 Å². The fourth-order valence-electron chi connectivity index (χ4n) is 2.43. The number of carbonyl (C=O) groups excluding carboxylic acids is 1. The summed E-state index contributed by atoms with van der Waals surface area (Å²) in [6.07, 6.45) is 1.43. The van der Waals surface area contributed by atoms with Gasteiger partial charge < -0.3 is 14.6 Å². The van der Waals surface area contributed by atoms with Crippen LogP contribution in [0.1, 0.15) is 28.4 Å². The second-order valence-corrected chi connectivity index (χ2v) is 6.24. The molecule has 6 nitrogen and oxygen atoms in total. The van der Waals surface area contributed by atoms with Crippen LogP contribution in [0.15, 0.2) is 54.7 Å². The van der Waals surface area contributed by atoms with E-state index >= 15 is 0 Å². The van der Waals surface area contributed by atoms with Gasteiger partial charge in [-0.2, -0.15) is 5.26 Å². The summed E-state index contributed by atoms with van der Waals surface area (Å²) in [4.78, 5) is 15.5. The Balaban J connectivity index is 1.70. The Labute approximate surface area is 166 Å². The van der Waals surface area contributed by atoms with Crippen LogP contribution in [-0.4, -0.2) is 15.9 Å². The van der Waals surface area contributed by atoms with Gasteiger partial charge in [0.25, 0.3) is 0 Å². The van der Waals surface area contributed by atoms with Gasteiger partial charge in [-0.1, -0.05) is 23.7 Å². The molecule has 0 aliphatic carbocycles. The first-order valence-corrected chi connectivity index (χ1v) is 8.64. The van der Waals surface area contributed by atoms with Crippen molar-refractivity contribution in [3.63, 3.8) is 0 Å². The number of aromatic hydroxyl groups is 1. The number of ether oxygens (including phenoxy) is 2. The third-order valence-corrected chi connectivity index (χ3v) is 4.21. The van der Waals surface area contributed by atoms with Crippen molar-refractivity contribution in [2.75, 3.05) is 0 Å². The minimum Gasteiger partial charge on any atom is -0.505 e. The molecule has 0 amide bonds. The first-order chi connectivity index (χ1) is 13.5. The van der Waals surface area contributed by atoms with Gasteiger partial charge in [-0.25, -0.2) is 4.98 Å². The van der Waals surface area contributed by atoms with Crippen LogP contribution in [0.25, 0.3) is 0 Å². The van der Waals surface area contributed by atoms with E-state index < -0.39 is 0 Å². The number of hydrogen-bond donors (Lipinski definition) is 1. The molecule has 7 heteroatoms. The van der Waals surface area contributed by atoms with Crippen molar-refractivity contribution in [2.45, 2.75) is 13.5 Å². The molecule has 2 aromatic carbocycles. The number of nitrogens with zero attached hydrogens (tertiary/aromatic N) is 2. The highest BCUT2D eigenvalue weighted by molar-refractivity contribution is 6.34. The van der Waals surface area contributed by atoms with Crippen LogP contribution in [0.2, 0.25) is 5.02 Å². The maximum atomic E-state index is 11.4. The number of Topliss-reactive ketones (excluding diaryl/α,β-unsaturated/α-hetero) is 1. The second-order valence-electron chi connectivity index (χ2n) is 5.87. The summed E-state index contributed by atoms with van der Waals surface area (Å²) in [6, 6.07) is 15.4. The zero-order valence-electron chi connectivity index (χ0n) is 14.8. The number of pyridine rings is 1. The average Bonchev–Trinajstić information content (AvgIpc) is 2.70. The van der Waals surface area contributed by atoms with Gasteiger partial charge in [0.05, 0.1) is 11.1 Å². The SMILES string of the molecule is CC(=O)c1ccc(OCc2cccc(Oc3ccc(C#N)cn3)c2)c(Cl)c1O. The third kappa shape index (κ3) is 4.40. The Hall–Kier alpha value is -3.56. The first kappa shape index (κ1) is 19.2. The smallest absolute Gasteiger partial charge is 0.219 e. The van der Waals surface area contributed by atoms with Crippen LogP contribution in [0, 0.1) is 11.3 Å². The molecule has 1 N–H and O–H groups in total. The van der Waals surface area contributed by atoms with Crippen LogP contribution in [-0.2, 0) is 6.61 Å². The molecule has 1 aromatic heterocycles. The molecule has 0 spiro atoms. The highest BCUT2D eigenvalue weighted by Crippen LogP contribution is 2.36. The molecule has 0 aliphatic rings. The summed E-state index contributed by atoms with van der Waals surface area (Å²) in [5.74, 6) is 0.608. The summed E-state index contributed by atoms with van der Waals surface area (Å²) in [5, 5.41) is 18.8. The molecule has 1 heterocycles. The van der Waals surface area contributed by atoms with Crippen LogP contribution >= 0.6 is 11.6 Å². The maximum Gasteiger partial charge on any atom is 0.219 e. The number of ketones is 1. The van der Waals surface area contributed by atoms with E-state index in [0.717, 1.165) is 5.56 Å². The highest BCUT2D eigenvalue weighted by atomic mass is 35.5. The monoisotopic (exact) mass is 394 g/mol. The van der Waals surface area contributed by atoms with Gasteiger partial charge in [0.1, 0.15) is 34.9 Å². The van der Waals surface area contributed by atoms with Gasteiger partial charge in [0.2, 0.25) is 5.88 Å². The van der Waals surface area contributed by atoms with E-state index in [9.17, 15) is 9.90 Å². The molecule has 0 saturated carbocycles. The summed E-state index contributed by atoms with van der Waals surface area (Å²) in [5.41, 5.74) is 1.39. The third-order valence-electron chi connectivity index (χ3n) is 3.84. The van der Waals surface area contributed by atoms with Crippen molar-refractivity contribution < 1.29 is 19.4 Å². The second kappa shape index (κ2) is 8.42. The van der Waals surface area contributed by atoms with Gasteiger partial charge in [0.15, 0.2) is 5.78 Å². The van der Waals surface area contributed by atoms with Crippen molar-refractivity contribution in [3.05, 3.63) is 76.4 Å². The highest BCUT2D eigenvalue weighted by Gasteiger charge is 2.15. The fraction of sp³-hybridized carbons (Fsp3) is 0.0952. The summed E-state index contributed by atoms with van der Waals surface area (Å²) >= 11 is 6.09. The molecule has 0 unspecified atom stereocenters. The van der Waals surface area contributed by atoms with E-state index in [-0.39, 0.29) is 34.5 Å². The predicted molar refractivity (Wildman–Crippen MR) is 103 cm³/mol. The number of rotatable bonds is 6. The van der Waals surface area contributed by atoms with E-state index in [0.29, 0.717) is 17.2 Å². The fourth-order valence-corrected chi connectivity index (χ4v) is 2.65. The molecule has 0 saturated heterocycles. The number of nitriles is 1. The van der Waals surface area contributed by atoms with Gasteiger partial charge in [-0.15, -0.1) is 0 Å². The lowest BCUT2D eigenvalue weighted by Gasteiger charge is -2.12. The quantitative estimate of drug-likeness (QED) is 0.598. The van der Waals surface area contributed by atoms with Crippen molar-refractivity contribution in [1.29, 1.82) is 5.26 Å². The Morgan fingerprint density at radius 1 is 1.25 bits per heavy atom. The van der Waals surface area contributed by atoms with E-state index in [1.165, 1.54) is 19.2 Å². The molecular formula is C21H15ClN2O4. The Morgan fingerprint density at radius 3 is 2.75 bits per heavy atom. The van der Waals surface area contributed by atoms with Crippen LogP contribution in [0.4, 0.5) is 0 Å². The standard InChI is InChI=1S/C21H15ClN2O4/c1-13(25)17-6-7-18(20(22)21(17)26)27-12-14-3-2-4-16(9-14)28-19-8-5-15(10-23)11-24-19/h2-9,11,26H,12H2,1H3. The van der Waals surface area contributed by atoms with Crippen molar-refractivity contribution in [2.24, 2.45) is 0 Å². The molecule has 0 bridgehead atoms. The van der Waals surface area contributed by atoms with Crippen LogP contribution in [0.3, 0.4) is 0 Å². The molecule has 3 aromatic rings. The summed E-state index contributed by atoms with van der Waals surface area (Å²) in [7, 11) is 0. The lowest BCUT2D eigenvalue weighted by molar-refractivity contribution is 0.101. The van der Waals surface area contributed by atoms with E-state index in [1.807, 2.05) is 12.1 Å². The number of hydrogen-bond acceptors (Lipinski definition) is 6. The van der Waals surface area contributed by atoms with Gasteiger partial charge >= 0.3 is 0 Å². The normalized spacial score (nSPS) is 10.2. The Morgan fingerprint density at radius 2 is 2.07 bits per heavy atom. The van der Waals surface area contributed by atoms with E-state index in [1.54, 1.807) is 36.4 Å². The lowest BCUT2D eigenvalue weighted by atomic mass is 10.1. The van der Waals surface area contributed by atoms with Gasteiger partial charge in [-0.05, 0) is 42.8 Å². The largest absolute Gasteiger partial charge is 0.505 e. The van der Waals surface area contributed by atoms with Crippen molar-refractivity contribution in [1.82, 2.24) is 4.98 Å². The van der Waals surface area contributed by atoms with Crippen LogP contribution < -0.4 is 9.47 Å². The minimum atomic E-state index is -0.296. The minimum absolute atomic E-state index is 0.0121. The number of benzene rings is 2. The molecule has 3 rings (SSSR count). The lowest BCUT2D eigenvalue weighted by Crippen LogP contribution is -1.99. The Bertz CT molecular complexity index is 1060. The molecule has 140 valence electrons. The van der Waals surface area contributed by atoms with E-state index in [4.69, 9.17) is 26.3 Å². The van der Waals surface area contributed by atoms with Gasteiger partial charge in [0, 0.05) is 12.3 Å². The number of phenolic OH excluding ortho intramolecular Hbond substituents is 1. The number of carbonyl (C=O) groups is 1. The number of aromatic nitrogens is 1. The molecule has 0 atom stereocenters. The molecule has 0 aliphatic heterocycles. The molecular weight excluding hydrogens is 380 g/mol. The van der Waals surface area contributed by atoms with Gasteiger partial charge in [-0.3, -0.25) is 4.79 Å². The van der Waals surface area contributed by atoms with Crippen molar-refractivity contribution in [3.8, 4) is 29.2 Å². The molecule has 0 fully saturated rings. The zero-order valence-corrected chi connectivity index (χ0v) is 15.6. The molecule has 0 radical (unpaired) electrons. The molecule has 28 heavy (non-hydrogen) atoms. The maximum absolute atomic E-state index is 11.4. The number of halogens is 1. The van der Waals surface area contributed by atoms with E-state index in [2.05, 4.69) is 4.98 Å².